The molecule has 2 rings (SSSR count). The maximum Gasteiger partial charge on any atom is 0.223 e. The Labute approximate surface area is 108 Å². The van der Waals surface area contributed by atoms with E-state index in [9.17, 15) is 4.79 Å². The van der Waals surface area contributed by atoms with E-state index in [0.717, 1.165) is 38.2 Å². The van der Waals surface area contributed by atoms with Gasteiger partial charge in [-0.1, -0.05) is 13.0 Å². The van der Waals surface area contributed by atoms with Crippen LogP contribution in [0.25, 0.3) is 0 Å². The molecule has 0 spiro atoms. The van der Waals surface area contributed by atoms with Gasteiger partial charge in [-0.05, 0) is 25.0 Å². The van der Waals surface area contributed by atoms with E-state index in [2.05, 4.69) is 17.2 Å². The molecule has 0 unspecified atom stereocenters. The Morgan fingerprint density at radius 3 is 2.89 bits per heavy atom. The smallest absolute Gasteiger partial charge is 0.223 e. The number of aryl methyl sites for hydroxylation is 1. The minimum atomic E-state index is 0.258. The second kappa shape index (κ2) is 6.50. The first-order chi connectivity index (χ1) is 8.81. The molecule has 4 heteroatoms. The van der Waals surface area contributed by atoms with Gasteiger partial charge in [0.2, 0.25) is 5.91 Å². The Balaban J connectivity index is 1.85. The fraction of sp³-hybridized carbons (Fsp3) is 0.571. The summed E-state index contributed by atoms with van der Waals surface area (Å²) < 4.78 is 0. The zero-order chi connectivity index (χ0) is 12.8. The Kier molecular flexibility index (Phi) is 4.70. The quantitative estimate of drug-likeness (QED) is 0.822. The molecule has 1 amide bonds. The molecule has 1 fully saturated rings. The summed E-state index contributed by atoms with van der Waals surface area (Å²) in [5.74, 6) is 0.258. The van der Waals surface area contributed by atoms with Gasteiger partial charge in [0.1, 0.15) is 0 Å². The van der Waals surface area contributed by atoms with Gasteiger partial charge in [0, 0.05) is 37.9 Å². The van der Waals surface area contributed by atoms with Crippen LogP contribution >= 0.6 is 0 Å². The summed E-state index contributed by atoms with van der Waals surface area (Å²) in [6, 6.07) is 6.24. The molecular formula is C14H21N3O. The van der Waals surface area contributed by atoms with E-state index < -0.39 is 0 Å². The van der Waals surface area contributed by atoms with Crippen molar-refractivity contribution >= 4 is 5.91 Å². The van der Waals surface area contributed by atoms with E-state index in [-0.39, 0.29) is 5.91 Å². The summed E-state index contributed by atoms with van der Waals surface area (Å²) in [5.41, 5.74) is 0.994. The van der Waals surface area contributed by atoms with Crippen LogP contribution in [0.2, 0.25) is 0 Å². The van der Waals surface area contributed by atoms with Crippen molar-refractivity contribution in [2.45, 2.75) is 32.2 Å². The zero-order valence-electron chi connectivity index (χ0n) is 10.9. The van der Waals surface area contributed by atoms with Gasteiger partial charge >= 0.3 is 0 Å². The van der Waals surface area contributed by atoms with Crippen LogP contribution in [0.4, 0.5) is 0 Å². The number of aromatic nitrogens is 1. The number of rotatable bonds is 6. The van der Waals surface area contributed by atoms with E-state index in [0.29, 0.717) is 12.5 Å². The minimum Gasteiger partial charge on any atom is -0.337 e. The van der Waals surface area contributed by atoms with E-state index in [1.165, 1.54) is 0 Å². The summed E-state index contributed by atoms with van der Waals surface area (Å²) in [7, 11) is 0. The van der Waals surface area contributed by atoms with Gasteiger partial charge in [-0.2, -0.15) is 0 Å². The van der Waals surface area contributed by atoms with Crippen molar-refractivity contribution in [2.75, 3.05) is 19.6 Å². The van der Waals surface area contributed by atoms with Crippen LogP contribution in [0, 0.1) is 0 Å². The lowest BCUT2D eigenvalue weighted by molar-refractivity contribution is -0.134. The molecule has 0 radical (unpaired) electrons. The molecule has 1 N–H and O–H groups in total. The lowest BCUT2D eigenvalue weighted by atomic mass is 10.1. The molecule has 1 aromatic rings. The van der Waals surface area contributed by atoms with Gasteiger partial charge in [-0.15, -0.1) is 0 Å². The maximum absolute atomic E-state index is 12.2. The Morgan fingerprint density at radius 1 is 1.50 bits per heavy atom. The van der Waals surface area contributed by atoms with Crippen LogP contribution in [0.1, 0.15) is 25.5 Å². The molecule has 1 saturated heterocycles. The Morgan fingerprint density at radius 2 is 2.33 bits per heavy atom. The second-order valence-corrected chi connectivity index (χ2v) is 4.72. The second-order valence-electron chi connectivity index (χ2n) is 4.72. The number of amides is 1. The van der Waals surface area contributed by atoms with Gasteiger partial charge in [0.25, 0.3) is 0 Å². The van der Waals surface area contributed by atoms with Gasteiger partial charge in [0.15, 0.2) is 0 Å². The Bertz CT molecular complexity index is 376. The largest absolute Gasteiger partial charge is 0.337 e. The minimum absolute atomic E-state index is 0.258. The molecule has 0 bridgehead atoms. The zero-order valence-corrected chi connectivity index (χ0v) is 10.9. The van der Waals surface area contributed by atoms with Crippen molar-refractivity contribution in [2.24, 2.45) is 0 Å². The number of carbonyl (C=O) groups is 1. The highest BCUT2D eigenvalue weighted by molar-refractivity contribution is 5.77. The van der Waals surface area contributed by atoms with E-state index >= 15 is 0 Å². The number of carbonyl (C=O) groups excluding carboxylic acids is 1. The van der Waals surface area contributed by atoms with Crippen LogP contribution in [-0.4, -0.2) is 41.5 Å². The van der Waals surface area contributed by atoms with Crippen LogP contribution in [0.3, 0.4) is 0 Å². The molecule has 0 atom stereocenters. The number of pyridine rings is 1. The molecule has 2 heterocycles. The molecular weight excluding hydrogens is 226 g/mol. The average Bonchev–Trinajstić information content (AvgIpc) is 2.34. The average molecular weight is 247 g/mol. The summed E-state index contributed by atoms with van der Waals surface area (Å²) >= 11 is 0. The van der Waals surface area contributed by atoms with Crippen molar-refractivity contribution in [3.05, 3.63) is 30.1 Å². The molecule has 4 nitrogen and oxygen atoms in total. The van der Waals surface area contributed by atoms with Gasteiger partial charge < -0.3 is 10.2 Å². The highest BCUT2D eigenvalue weighted by Crippen LogP contribution is 2.10. The first-order valence-electron chi connectivity index (χ1n) is 6.71. The lowest BCUT2D eigenvalue weighted by Gasteiger charge is -2.38. The maximum atomic E-state index is 12.2. The molecule has 0 saturated carbocycles. The molecule has 18 heavy (non-hydrogen) atoms. The molecule has 98 valence electrons. The monoisotopic (exact) mass is 247 g/mol. The predicted octanol–water partition coefficient (Wildman–Crippen LogP) is 1.22. The number of hydrogen-bond donors (Lipinski definition) is 1. The van der Waals surface area contributed by atoms with Crippen molar-refractivity contribution < 1.29 is 4.79 Å². The molecule has 0 aliphatic carbocycles. The summed E-state index contributed by atoms with van der Waals surface area (Å²) in [6.45, 7) is 4.86. The van der Waals surface area contributed by atoms with Gasteiger partial charge in [-0.3, -0.25) is 9.78 Å². The van der Waals surface area contributed by atoms with Crippen molar-refractivity contribution in [1.29, 1.82) is 0 Å². The van der Waals surface area contributed by atoms with Crippen LogP contribution < -0.4 is 5.32 Å². The van der Waals surface area contributed by atoms with Crippen molar-refractivity contribution in [1.82, 2.24) is 15.2 Å². The molecule has 1 aromatic heterocycles. The van der Waals surface area contributed by atoms with Crippen LogP contribution in [0.5, 0.6) is 0 Å². The fourth-order valence-electron chi connectivity index (χ4n) is 2.17. The first kappa shape index (κ1) is 13.0. The molecule has 0 aromatic carbocycles. The van der Waals surface area contributed by atoms with Gasteiger partial charge in [-0.25, -0.2) is 0 Å². The van der Waals surface area contributed by atoms with Crippen molar-refractivity contribution in [3.8, 4) is 0 Å². The number of hydrogen-bond acceptors (Lipinski definition) is 3. The van der Waals surface area contributed by atoms with E-state index in [4.69, 9.17) is 0 Å². The third kappa shape index (κ3) is 3.29. The highest BCUT2D eigenvalue weighted by atomic mass is 16.2. The third-order valence-corrected chi connectivity index (χ3v) is 3.31. The number of nitrogens with zero attached hydrogens (tertiary/aromatic N) is 2. The summed E-state index contributed by atoms with van der Waals surface area (Å²) in [4.78, 5) is 18.5. The Hall–Kier alpha value is -1.42. The summed E-state index contributed by atoms with van der Waals surface area (Å²) in [6.07, 6.45) is 4.10. The topological polar surface area (TPSA) is 45.2 Å². The normalized spacial score (nSPS) is 15.2. The fourth-order valence-corrected chi connectivity index (χ4v) is 2.17. The molecule has 1 aliphatic heterocycles. The SMILES string of the molecule is CCCN(C(=O)CCc1ccccn1)C1CNC1. The standard InChI is InChI=1S/C14H21N3O/c1-2-9-17(13-10-15-11-13)14(18)7-6-12-5-3-4-8-16-12/h3-5,8,13,15H,2,6-7,9-11H2,1H3. The third-order valence-electron chi connectivity index (χ3n) is 3.31. The first-order valence-corrected chi connectivity index (χ1v) is 6.71. The van der Waals surface area contributed by atoms with Crippen molar-refractivity contribution in [3.63, 3.8) is 0 Å². The van der Waals surface area contributed by atoms with E-state index in [1.54, 1.807) is 6.20 Å². The van der Waals surface area contributed by atoms with Gasteiger partial charge in [0.05, 0.1) is 6.04 Å². The van der Waals surface area contributed by atoms with E-state index in [1.807, 2.05) is 23.1 Å². The lowest BCUT2D eigenvalue weighted by Crippen LogP contribution is -2.59. The number of nitrogens with one attached hydrogen (secondary N) is 1. The van der Waals surface area contributed by atoms with Crippen LogP contribution in [0.15, 0.2) is 24.4 Å². The molecule has 1 aliphatic rings. The predicted molar refractivity (Wildman–Crippen MR) is 71.2 cm³/mol. The van der Waals surface area contributed by atoms with Crippen LogP contribution in [-0.2, 0) is 11.2 Å². The highest BCUT2D eigenvalue weighted by Gasteiger charge is 2.27. The summed E-state index contributed by atoms with van der Waals surface area (Å²) in [5, 5.41) is 3.22.